The second-order valence-electron chi connectivity index (χ2n) is 5.59. The van der Waals surface area contributed by atoms with Crippen LogP contribution in [0.25, 0.3) is 10.9 Å². The van der Waals surface area contributed by atoms with E-state index in [-0.39, 0.29) is 5.75 Å². The summed E-state index contributed by atoms with van der Waals surface area (Å²) in [4.78, 5) is 17.1. The van der Waals surface area contributed by atoms with E-state index in [0.717, 1.165) is 0 Å². The highest BCUT2D eigenvalue weighted by Crippen LogP contribution is 2.34. The predicted molar refractivity (Wildman–Crippen MR) is 95.4 cm³/mol. The Hall–Kier alpha value is -3.53. The van der Waals surface area contributed by atoms with Crippen molar-refractivity contribution in [1.82, 2.24) is 4.98 Å². The van der Waals surface area contributed by atoms with Gasteiger partial charge < -0.3 is 19.4 Å². The molecule has 3 rings (SSSR count). The Morgan fingerprint density at radius 3 is 2.62 bits per heavy atom. The summed E-state index contributed by atoms with van der Waals surface area (Å²) < 4.78 is 23.9. The number of carbonyl (C=O) groups excluding carboxylic acids is 1. The second-order valence-corrected chi connectivity index (χ2v) is 5.59. The molecular weight excluding hydrogens is 337 g/mol. The number of anilines is 2. The first-order valence-corrected chi connectivity index (χ1v) is 7.71. The molecule has 0 radical (unpaired) electrons. The first kappa shape index (κ1) is 17.3. The highest BCUT2D eigenvalue weighted by Gasteiger charge is 2.23. The number of halogens is 1. The van der Waals surface area contributed by atoms with E-state index in [1.54, 1.807) is 36.2 Å². The number of aromatic nitrogens is 1. The molecule has 0 bridgehead atoms. The van der Waals surface area contributed by atoms with Crippen molar-refractivity contribution in [3.8, 4) is 11.8 Å². The monoisotopic (exact) mass is 353 g/mol. The molecule has 0 amide bonds. The van der Waals surface area contributed by atoms with Crippen LogP contribution in [0.15, 0.2) is 36.4 Å². The van der Waals surface area contributed by atoms with E-state index < -0.39 is 11.8 Å². The Morgan fingerprint density at radius 1 is 1.23 bits per heavy atom. The molecule has 1 heterocycles. The van der Waals surface area contributed by atoms with Gasteiger partial charge in [0.25, 0.3) is 0 Å². The number of nitrogens with one attached hydrogen (secondary N) is 1. The largest absolute Gasteiger partial charge is 0.494 e. The Morgan fingerprint density at radius 2 is 2.00 bits per heavy atom. The number of methoxy groups -OCH3 is 2. The molecule has 0 aliphatic rings. The van der Waals surface area contributed by atoms with E-state index >= 15 is 0 Å². The fraction of sp³-hybridized carbons (Fsp3) is 0.158. The van der Waals surface area contributed by atoms with Crippen LogP contribution in [0, 0.1) is 17.1 Å². The molecule has 6 nitrogen and oxygen atoms in total. The average molecular weight is 353 g/mol. The third-order valence-electron chi connectivity index (χ3n) is 4.16. The zero-order chi connectivity index (χ0) is 18.8. The fourth-order valence-corrected chi connectivity index (χ4v) is 2.81. The first-order chi connectivity index (χ1) is 12.5. The summed E-state index contributed by atoms with van der Waals surface area (Å²) >= 11 is 0. The quantitative estimate of drug-likeness (QED) is 0.723. The third kappa shape index (κ3) is 2.82. The highest BCUT2D eigenvalue weighted by atomic mass is 19.1. The smallest absolute Gasteiger partial charge is 0.342 e. The number of aromatic amines is 1. The van der Waals surface area contributed by atoms with E-state index in [1.165, 1.54) is 26.4 Å². The van der Waals surface area contributed by atoms with Gasteiger partial charge in [-0.1, -0.05) is 6.07 Å². The summed E-state index contributed by atoms with van der Waals surface area (Å²) in [5, 5.41) is 9.69. The maximum atomic E-state index is 14.1. The molecule has 0 saturated heterocycles. The van der Waals surface area contributed by atoms with Crippen molar-refractivity contribution in [3.05, 3.63) is 53.3 Å². The summed E-state index contributed by atoms with van der Waals surface area (Å²) in [6.07, 6.45) is 0. The van der Waals surface area contributed by atoms with Gasteiger partial charge >= 0.3 is 5.97 Å². The summed E-state index contributed by atoms with van der Waals surface area (Å²) in [5.74, 6) is -0.478. The number of nitriles is 1. The van der Waals surface area contributed by atoms with Crippen LogP contribution in [0.2, 0.25) is 0 Å². The molecule has 0 atom stereocenters. The van der Waals surface area contributed by atoms with Gasteiger partial charge in [-0.2, -0.15) is 5.26 Å². The van der Waals surface area contributed by atoms with Crippen LogP contribution in [-0.2, 0) is 4.74 Å². The highest BCUT2D eigenvalue weighted by molar-refractivity contribution is 6.10. The first-order valence-electron chi connectivity index (χ1n) is 7.71. The number of fused-ring (bicyclic) bond motifs is 1. The van der Waals surface area contributed by atoms with Gasteiger partial charge in [-0.3, -0.25) is 0 Å². The summed E-state index contributed by atoms with van der Waals surface area (Å²) in [6, 6.07) is 11.5. The lowest BCUT2D eigenvalue weighted by molar-refractivity contribution is 0.0604. The zero-order valence-electron chi connectivity index (χ0n) is 14.5. The molecule has 1 N–H and O–H groups in total. The van der Waals surface area contributed by atoms with Gasteiger partial charge in [-0.25, -0.2) is 9.18 Å². The van der Waals surface area contributed by atoms with Gasteiger partial charge in [0.15, 0.2) is 11.6 Å². The summed E-state index contributed by atoms with van der Waals surface area (Å²) in [7, 11) is 4.38. The number of rotatable bonds is 4. The molecule has 0 aliphatic heterocycles. The van der Waals surface area contributed by atoms with Gasteiger partial charge in [-0.05, 0) is 24.3 Å². The van der Waals surface area contributed by atoms with E-state index in [2.05, 4.69) is 11.1 Å². The van der Waals surface area contributed by atoms with Gasteiger partial charge in [0.2, 0.25) is 0 Å². The van der Waals surface area contributed by atoms with Crippen molar-refractivity contribution >= 4 is 28.4 Å². The maximum absolute atomic E-state index is 14.1. The average Bonchev–Trinajstić information content (AvgIpc) is 3.05. The number of nitrogens with zero attached hydrogens (tertiary/aromatic N) is 2. The zero-order valence-corrected chi connectivity index (χ0v) is 14.5. The third-order valence-corrected chi connectivity index (χ3v) is 4.16. The van der Waals surface area contributed by atoms with Gasteiger partial charge in [0.1, 0.15) is 11.4 Å². The van der Waals surface area contributed by atoms with Crippen molar-refractivity contribution in [3.63, 3.8) is 0 Å². The van der Waals surface area contributed by atoms with E-state index in [0.29, 0.717) is 33.5 Å². The standard InChI is InChI=1S/C19H16FN3O3/c1-23(12-5-7-16(25-2)14(20)9-12)18-17(19(24)26-3)13-6-4-11(10-21)8-15(13)22-18/h4-9,22H,1-3H3. The molecule has 1 aromatic heterocycles. The normalized spacial score (nSPS) is 10.4. The molecule has 7 heteroatoms. The Kier molecular flexibility index (Phi) is 4.50. The predicted octanol–water partition coefficient (Wildman–Crippen LogP) is 3.74. The number of carbonyl (C=O) groups is 1. The minimum Gasteiger partial charge on any atom is -0.494 e. The number of ether oxygens (including phenoxy) is 2. The van der Waals surface area contributed by atoms with Crippen molar-refractivity contribution < 1.29 is 18.7 Å². The van der Waals surface area contributed by atoms with Crippen LogP contribution in [-0.4, -0.2) is 32.2 Å². The van der Waals surface area contributed by atoms with E-state index in [9.17, 15) is 9.18 Å². The minimum atomic E-state index is -0.531. The van der Waals surface area contributed by atoms with Crippen LogP contribution in [0.4, 0.5) is 15.9 Å². The molecular formula is C19H16FN3O3. The number of esters is 1. The lowest BCUT2D eigenvalue weighted by Crippen LogP contribution is -2.14. The molecule has 26 heavy (non-hydrogen) atoms. The van der Waals surface area contributed by atoms with Crippen molar-refractivity contribution in [2.45, 2.75) is 0 Å². The number of H-pyrrole nitrogens is 1. The van der Waals surface area contributed by atoms with Crippen molar-refractivity contribution in [1.29, 1.82) is 5.26 Å². The van der Waals surface area contributed by atoms with Gasteiger partial charge in [-0.15, -0.1) is 0 Å². The molecule has 0 aliphatic carbocycles. The van der Waals surface area contributed by atoms with Crippen molar-refractivity contribution in [2.24, 2.45) is 0 Å². The minimum absolute atomic E-state index is 0.130. The van der Waals surface area contributed by atoms with E-state index in [4.69, 9.17) is 14.7 Å². The van der Waals surface area contributed by atoms with Crippen LogP contribution in [0.1, 0.15) is 15.9 Å². The molecule has 2 aromatic carbocycles. The molecule has 0 unspecified atom stereocenters. The molecule has 0 fully saturated rings. The molecule has 0 spiro atoms. The Bertz CT molecular complexity index is 1040. The van der Waals surface area contributed by atoms with Crippen LogP contribution in [0.3, 0.4) is 0 Å². The SMILES string of the molecule is COC(=O)c1c(N(C)c2ccc(OC)c(F)c2)[nH]c2cc(C#N)ccc12. The Labute approximate surface area is 149 Å². The summed E-state index contributed by atoms with van der Waals surface area (Å²) in [5.41, 5.74) is 1.89. The molecule has 0 saturated carbocycles. The topological polar surface area (TPSA) is 78.3 Å². The summed E-state index contributed by atoms with van der Waals surface area (Å²) in [6.45, 7) is 0. The number of benzene rings is 2. The Balaban J connectivity index is 2.18. The van der Waals surface area contributed by atoms with Crippen molar-refractivity contribution in [2.75, 3.05) is 26.2 Å². The van der Waals surface area contributed by atoms with Gasteiger partial charge in [0.05, 0.1) is 25.9 Å². The second kappa shape index (κ2) is 6.76. The van der Waals surface area contributed by atoms with E-state index in [1.807, 2.05) is 0 Å². The van der Waals surface area contributed by atoms with Crippen LogP contribution >= 0.6 is 0 Å². The van der Waals surface area contributed by atoms with Crippen LogP contribution in [0.5, 0.6) is 5.75 Å². The number of hydrogen-bond acceptors (Lipinski definition) is 5. The lowest BCUT2D eigenvalue weighted by Gasteiger charge is -2.19. The van der Waals surface area contributed by atoms with Crippen LogP contribution < -0.4 is 9.64 Å². The lowest BCUT2D eigenvalue weighted by atomic mass is 10.1. The molecule has 132 valence electrons. The number of hydrogen-bond donors (Lipinski definition) is 1. The van der Waals surface area contributed by atoms with Gasteiger partial charge in [0, 0.05) is 29.7 Å². The maximum Gasteiger partial charge on any atom is 0.342 e. The fourth-order valence-electron chi connectivity index (χ4n) is 2.81. The molecule has 3 aromatic rings.